The van der Waals surface area contributed by atoms with Crippen molar-refractivity contribution in [1.82, 2.24) is 10.9 Å². The van der Waals surface area contributed by atoms with Crippen LogP contribution in [0.1, 0.15) is 24.8 Å². The maximum atomic E-state index is 12.1. The number of nitrogens with one attached hydrogen (secondary N) is 2. The summed E-state index contributed by atoms with van der Waals surface area (Å²) in [4.78, 5) is 26.2. The lowest BCUT2D eigenvalue weighted by Gasteiger charge is -2.30. The van der Waals surface area contributed by atoms with Gasteiger partial charge in [0.25, 0.3) is 5.91 Å². The molecular formula is C17H23N3O3. The predicted octanol–water partition coefficient (Wildman–Crippen LogP) is 1.01. The number of carbonyl (C=O) groups is 2. The highest BCUT2D eigenvalue weighted by Crippen LogP contribution is 2.26. The quantitative estimate of drug-likeness (QED) is 0.817. The molecule has 6 nitrogen and oxygen atoms in total. The Morgan fingerprint density at radius 3 is 2.78 bits per heavy atom. The van der Waals surface area contributed by atoms with Gasteiger partial charge in [-0.15, -0.1) is 0 Å². The van der Waals surface area contributed by atoms with E-state index in [0.29, 0.717) is 26.1 Å². The molecule has 0 aliphatic carbocycles. The maximum absolute atomic E-state index is 12.1. The van der Waals surface area contributed by atoms with E-state index >= 15 is 0 Å². The van der Waals surface area contributed by atoms with Gasteiger partial charge in [-0.3, -0.25) is 20.4 Å². The summed E-state index contributed by atoms with van der Waals surface area (Å²) in [5.74, 6) is -0.387. The summed E-state index contributed by atoms with van der Waals surface area (Å²) >= 11 is 0. The van der Waals surface area contributed by atoms with Crippen molar-refractivity contribution in [1.29, 1.82) is 0 Å². The topological polar surface area (TPSA) is 70.7 Å². The van der Waals surface area contributed by atoms with Crippen molar-refractivity contribution in [3.63, 3.8) is 0 Å². The van der Waals surface area contributed by atoms with E-state index in [9.17, 15) is 9.59 Å². The molecule has 2 aliphatic heterocycles. The molecule has 0 unspecified atom stereocenters. The van der Waals surface area contributed by atoms with Gasteiger partial charge in [-0.05, 0) is 37.3 Å². The minimum absolute atomic E-state index is 0.0697. The SMILES string of the molecule is O=C(CN1CCCc2ccccc21)NNC(=O)C1CCOCC1. The first-order valence-electron chi connectivity index (χ1n) is 8.23. The largest absolute Gasteiger partial charge is 0.381 e. The number of amides is 2. The van der Waals surface area contributed by atoms with E-state index in [1.807, 2.05) is 18.2 Å². The van der Waals surface area contributed by atoms with Crippen LogP contribution in [0.15, 0.2) is 24.3 Å². The lowest BCUT2D eigenvalue weighted by molar-refractivity contribution is -0.132. The molecular weight excluding hydrogens is 294 g/mol. The molecule has 2 N–H and O–H groups in total. The number of aryl methyl sites for hydroxylation is 1. The number of hydrazine groups is 1. The molecule has 0 aromatic heterocycles. The molecule has 23 heavy (non-hydrogen) atoms. The number of ether oxygens (including phenoxy) is 1. The summed E-state index contributed by atoms with van der Waals surface area (Å²) < 4.78 is 5.24. The van der Waals surface area contributed by atoms with Gasteiger partial charge in [0, 0.05) is 31.4 Å². The van der Waals surface area contributed by atoms with Gasteiger partial charge in [-0.1, -0.05) is 18.2 Å². The van der Waals surface area contributed by atoms with Crippen LogP contribution in [-0.4, -0.2) is 38.1 Å². The predicted molar refractivity (Wildman–Crippen MR) is 86.8 cm³/mol. The molecule has 0 saturated carbocycles. The molecule has 0 radical (unpaired) electrons. The van der Waals surface area contributed by atoms with E-state index in [0.717, 1.165) is 25.1 Å². The third-order valence-electron chi connectivity index (χ3n) is 4.46. The van der Waals surface area contributed by atoms with Crippen LogP contribution in [-0.2, 0) is 20.7 Å². The van der Waals surface area contributed by atoms with E-state index in [4.69, 9.17) is 4.74 Å². The number of carbonyl (C=O) groups excluding carboxylic acids is 2. The lowest BCUT2D eigenvalue weighted by Crippen LogP contribution is -2.49. The molecule has 0 spiro atoms. The Morgan fingerprint density at radius 2 is 1.96 bits per heavy atom. The van der Waals surface area contributed by atoms with Crippen molar-refractivity contribution in [2.45, 2.75) is 25.7 Å². The van der Waals surface area contributed by atoms with E-state index in [1.165, 1.54) is 5.56 Å². The molecule has 2 heterocycles. The highest BCUT2D eigenvalue weighted by molar-refractivity contribution is 5.86. The molecule has 1 fully saturated rings. The minimum Gasteiger partial charge on any atom is -0.381 e. The molecule has 2 aliphatic rings. The van der Waals surface area contributed by atoms with Crippen LogP contribution in [0.2, 0.25) is 0 Å². The first-order chi connectivity index (χ1) is 11.2. The van der Waals surface area contributed by atoms with Crippen molar-refractivity contribution < 1.29 is 14.3 Å². The number of rotatable bonds is 3. The Balaban J connectivity index is 1.49. The molecule has 6 heteroatoms. The minimum atomic E-state index is -0.192. The molecule has 0 bridgehead atoms. The van der Waals surface area contributed by atoms with Crippen molar-refractivity contribution in [3.05, 3.63) is 29.8 Å². The standard InChI is InChI=1S/C17H23N3O3/c21-16(18-19-17(22)14-7-10-23-11-8-14)12-20-9-3-5-13-4-1-2-6-15(13)20/h1-2,4,6,14H,3,5,7-12H2,(H,18,21)(H,19,22). The zero-order valence-corrected chi connectivity index (χ0v) is 13.2. The smallest absolute Gasteiger partial charge is 0.257 e. The van der Waals surface area contributed by atoms with E-state index in [2.05, 4.69) is 21.8 Å². The summed E-state index contributed by atoms with van der Waals surface area (Å²) in [6.07, 6.45) is 3.51. The first kappa shape index (κ1) is 15.8. The van der Waals surface area contributed by atoms with Crippen LogP contribution in [0.25, 0.3) is 0 Å². The summed E-state index contributed by atoms with van der Waals surface area (Å²) in [6.45, 7) is 2.33. The van der Waals surface area contributed by atoms with Gasteiger partial charge in [0.1, 0.15) is 0 Å². The van der Waals surface area contributed by atoms with E-state index in [-0.39, 0.29) is 24.3 Å². The van der Waals surface area contributed by atoms with Crippen LogP contribution in [0.4, 0.5) is 5.69 Å². The Kier molecular flexibility index (Phi) is 5.12. The highest BCUT2D eigenvalue weighted by Gasteiger charge is 2.23. The number of hydrogen-bond donors (Lipinski definition) is 2. The number of hydrogen-bond acceptors (Lipinski definition) is 4. The third-order valence-corrected chi connectivity index (χ3v) is 4.46. The number of anilines is 1. The summed E-state index contributed by atoms with van der Waals surface area (Å²) in [5.41, 5.74) is 7.47. The molecule has 1 saturated heterocycles. The summed E-state index contributed by atoms with van der Waals surface area (Å²) in [5, 5.41) is 0. The van der Waals surface area contributed by atoms with Crippen LogP contribution in [0.3, 0.4) is 0 Å². The third kappa shape index (κ3) is 4.01. The van der Waals surface area contributed by atoms with Crippen LogP contribution in [0, 0.1) is 5.92 Å². The average Bonchev–Trinajstić information content (AvgIpc) is 2.61. The first-order valence-corrected chi connectivity index (χ1v) is 8.23. The second-order valence-electron chi connectivity index (χ2n) is 6.08. The Labute approximate surface area is 136 Å². The second-order valence-corrected chi connectivity index (χ2v) is 6.08. The Hall–Kier alpha value is -2.08. The van der Waals surface area contributed by atoms with Crippen molar-refractivity contribution >= 4 is 17.5 Å². The van der Waals surface area contributed by atoms with Crippen LogP contribution in [0.5, 0.6) is 0 Å². The van der Waals surface area contributed by atoms with Gasteiger partial charge in [0.15, 0.2) is 0 Å². The summed E-state index contributed by atoms with van der Waals surface area (Å²) in [6, 6.07) is 8.16. The average molecular weight is 317 g/mol. The Morgan fingerprint density at radius 1 is 1.17 bits per heavy atom. The molecule has 1 aromatic rings. The number of benzene rings is 1. The fraction of sp³-hybridized carbons (Fsp3) is 0.529. The van der Waals surface area contributed by atoms with Crippen molar-refractivity contribution in [2.75, 3.05) is 31.2 Å². The van der Waals surface area contributed by atoms with E-state index < -0.39 is 0 Å². The fourth-order valence-electron chi connectivity index (χ4n) is 3.18. The van der Waals surface area contributed by atoms with Gasteiger partial charge < -0.3 is 9.64 Å². The molecule has 2 amide bonds. The monoisotopic (exact) mass is 317 g/mol. The summed E-state index contributed by atoms with van der Waals surface area (Å²) in [7, 11) is 0. The number of nitrogens with zero attached hydrogens (tertiary/aromatic N) is 1. The maximum Gasteiger partial charge on any atom is 0.257 e. The molecule has 3 rings (SSSR count). The van der Waals surface area contributed by atoms with Crippen LogP contribution >= 0.6 is 0 Å². The van der Waals surface area contributed by atoms with Gasteiger partial charge in [0.2, 0.25) is 5.91 Å². The highest BCUT2D eigenvalue weighted by atomic mass is 16.5. The Bertz CT molecular complexity index is 570. The van der Waals surface area contributed by atoms with Gasteiger partial charge in [-0.25, -0.2) is 0 Å². The van der Waals surface area contributed by atoms with Gasteiger partial charge in [0.05, 0.1) is 6.54 Å². The van der Waals surface area contributed by atoms with Crippen molar-refractivity contribution in [2.24, 2.45) is 5.92 Å². The zero-order valence-electron chi connectivity index (χ0n) is 13.2. The number of para-hydroxylation sites is 1. The zero-order chi connectivity index (χ0) is 16.1. The molecule has 124 valence electrons. The van der Waals surface area contributed by atoms with E-state index in [1.54, 1.807) is 0 Å². The van der Waals surface area contributed by atoms with Crippen molar-refractivity contribution in [3.8, 4) is 0 Å². The fourth-order valence-corrected chi connectivity index (χ4v) is 3.18. The van der Waals surface area contributed by atoms with Gasteiger partial charge >= 0.3 is 0 Å². The second kappa shape index (κ2) is 7.46. The normalized spacial score (nSPS) is 18.2. The molecule has 1 aromatic carbocycles. The lowest BCUT2D eigenvalue weighted by atomic mass is 10.00. The van der Waals surface area contributed by atoms with Crippen LogP contribution < -0.4 is 15.8 Å². The van der Waals surface area contributed by atoms with Gasteiger partial charge in [-0.2, -0.15) is 0 Å². The number of fused-ring (bicyclic) bond motifs is 1. The molecule has 0 atom stereocenters.